The number of pyridine rings is 2. The Morgan fingerprint density at radius 2 is 1.84 bits per heavy atom. The van der Waals surface area contributed by atoms with Gasteiger partial charge in [0.05, 0.1) is 17.3 Å². The lowest BCUT2D eigenvalue weighted by Crippen LogP contribution is -2.45. The van der Waals surface area contributed by atoms with Crippen LogP contribution in [-0.4, -0.2) is 52.8 Å². The van der Waals surface area contributed by atoms with Gasteiger partial charge < -0.3 is 26.8 Å². The van der Waals surface area contributed by atoms with Crippen molar-refractivity contribution in [2.75, 3.05) is 24.6 Å². The fourth-order valence-electron chi connectivity index (χ4n) is 2.75. The van der Waals surface area contributed by atoms with Gasteiger partial charge in [0.15, 0.2) is 5.69 Å². The highest BCUT2D eigenvalue weighted by Crippen LogP contribution is 2.29. The van der Waals surface area contributed by atoms with Crippen LogP contribution in [0.5, 0.6) is 0 Å². The molecule has 2 aromatic rings. The van der Waals surface area contributed by atoms with Crippen molar-refractivity contribution in [1.29, 1.82) is 10.8 Å². The molecule has 1 atom stereocenters. The van der Waals surface area contributed by atoms with Gasteiger partial charge in [-0.05, 0) is 37.1 Å². The van der Waals surface area contributed by atoms with Crippen LogP contribution in [0.3, 0.4) is 0 Å². The zero-order chi connectivity index (χ0) is 24.5. The van der Waals surface area contributed by atoms with Crippen LogP contribution in [0.15, 0.2) is 30.5 Å². The monoisotopic (exact) mass is 451 g/mol. The van der Waals surface area contributed by atoms with Gasteiger partial charge in [0.25, 0.3) is 5.91 Å². The molecule has 0 aliphatic carbocycles. The number of aryl methyl sites for hydroxylation is 1. The van der Waals surface area contributed by atoms with E-state index < -0.39 is 11.7 Å². The summed E-state index contributed by atoms with van der Waals surface area (Å²) >= 11 is 0. The molecular weight excluding hydrogens is 423 g/mol. The predicted molar refractivity (Wildman–Crippen MR) is 119 cm³/mol. The van der Waals surface area contributed by atoms with Crippen LogP contribution in [0.2, 0.25) is 0 Å². The Balaban J connectivity index is 0.00000118. The number of carbonyl (C=O) groups is 1. The van der Waals surface area contributed by atoms with Crippen LogP contribution < -0.4 is 11.1 Å². The first kappa shape index (κ1) is 26.5. The zero-order valence-corrected chi connectivity index (χ0v) is 18.4. The zero-order valence-electron chi connectivity index (χ0n) is 18.4. The van der Waals surface area contributed by atoms with Gasteiger partial charge in [0.1, 0.15) is 5.82 Å². The Bertz CT molecular complexity index is 909. The third-order valence-electron chi connectivity index (χ3n) is 4.52. The molecule has 0 fully saturated rings. The van der Waals surface area contributed by atoms with Crippen molar-refractivity contribution in [3.05, 3.63) is 47.4 Å². The molecule has 0 spiro atoms. The average Bonchev–Trinajstić information content (AvgIpc) is 2.74. The highest BCUT2D eigenvalue weighted by atomic mass is 19.4. The number of anilines is 2. The van der Waals surface area contributed by atoms with Crippen molar-refractivity contribution < 1.29 is 18.0 Å². The van der Waals surface area contributed by atoms with Crippen LogP contribution in [-0.2, 0) is 6.18 Å². The molecule has 0 aliphatic rings. The summed E-state index contributed by atoms with van der Waals surface area (Å²) in [6.45, 7) is 5.98. The van der Waals surface area contributed by atoms with Crippen molar-refractivity contribution >= 4 is 29.8 Å². The third-order valence-corrected chi connectivity index (χ3v) is 4.52. The minimum Gasteiger partial charge on any atom is -0.397 e. The van der Waals surface area contributed by atoms with Gasteiger partial charge in [-0.2, -0.15) is 13.2 Å². The van der Waals surface area contributed by atoms with Crippen LogP contribution in [0.1, 0.15) is 35.6 Å². The molecule has 2 rings (SSSR count). The Morgan fingerprint density at radius 3 is 2.31 bits per heavy atom. The number of aromatic nitrogens is 2. The van der Waals surface area contributed by atoms with E-state index in [2.05, 4.69) is 15.3 Å². The fraction of sp³-hybridized carbons (Fsp3) is 0.381. The van der Waals surface area contributed by atoms with Crippen LogP contribution >= 0.6 is 0 Å². The molecule has 1 amide bonds. The molecule has 0 aliphatic heterocycles. The number of nitrogens with two attached hydrogens (primary N) is 1. The maximum absolute atomic E-state index is 12.8. The highest BCUT2D eigenvalue weighted by molar-refractivity contribution is 6.12. The molecule has 5 N–H and O–H groups in total. The third kappa shape index (κ3) is 7.64. The van der Waals surface area contributed by atoms with Crippen LogP contribution in [0.4, 0.5) is 24.7 Å². The molecule has 0 radical (unpaired) electrons. The van der Waals surface area contributed by atoms with Gasteiger partial charge in [-0.25, -0.2) is 9.97 Å². The van der Waals surface area contributed by atoms with Gasteiger partial charge in [-0.3, -0.25) is 4.79 Å². The van der Waals surface area contributed by atoms with Gasteiger partial charge in [-0.15, -0.1) is 0 Å². The molecule has 0 aromatic carbocycles. The lowest BCUT2D eigenvalue weighted by atomic mass is 10.0. The van der Waals surface area contributed by atoms with E-state index >= 15 is 0 Å². The first-order valence-corrected chi connectivity index (χ1v) is 9.69. The molecule has 1 unspecified atom stereocenters. The minimum absolute atomic E-state index is 0.0712. The topological polar surface area (TPSA) is 132 Å². The number of halogens is 3. The number of carbonyl (C=O) groups excluding carboxylic acids is 1. The van der Waals surface area contributed by atoms with E-state index in [9.17, 15) is 18.0 Å². The van der Waals surface area contributed by atoms with Crippen molar-refractivity contribution in [1.82, 2.24) is 14.9 Å². The van der Waals surface area contributed by atoms with E-state index in [4.69, 9.17) is 16.6 Å². The summed E-state index contributed by atoms with van der Waals surface area (Å²) in [5.74, 6) is 0.0525. The molecule has 174 valence electrons. The first-order chi connectivity index (χ1) is 14.9. The summed E-state index contributed by atoms with van der Waals surface area (Å²) < 4.78 is 37.9. The van der Waals surface area contributed by atoms with E-state index in [1.54, 1.807) is 31.0 Å². The molecule has 0 saturated heterocycles. The van der Waals surface area contributed by atoms with E-state index in [1.807, 2.05) is 13.8 Å². The number of hydrogen-bond acceptors (Lipinski definition) is 7. The van der Waals surface area contributed by atoms with Crippen LogP contribution in [0.25, 0.3) is 0 Å². The number of hydrogen-bond donors (Lipinski definition) is 4. The second-order valence-corrected chi connectivity index (χ2v) is 7.26. The van der Waals surface area contributed by atoms with Crippen molar-refractivity contribution in [3.63, 3.8) is 0 Å². The van der Waals surface area contributed by atoms with Crippen molar-refractivity contribution in [3.8, 4) is 0 Å². The summed E-state index contributed by atoms with van der Waals surface area (Å²) in [4.78, 5) is 22.4. The van der Waals surface area contributed by atoms with E-state index in [0.717, 1.165) is 24.7 Å². The van der Waals surface area contributed by atoms with Gasteiger partial charge in [0, 0.05) is 37.9 Å². The molecule has 11 heteroatoms. The standard InChI is InChI=1S/C19H24F3N5O.C2H4N2/c1-11(2)15(10-25-16-8-6-13(9-24-16)19(20,21)22)27(4)18(28)17-14(23)7-5-12(3)26-17;3-1-2-4/h5-9,11,15H,10,23H2,1-4H3,(H,24,25);1-4H. The average molecular weight is 451 g/mol. The van der Waals surface area contributed by atoms with E-state index in [-0.39, 0.29) is 23.6 Å². The van der Waals surface area contributed by atoms with Crippen LogP contribution in [0, 0.1) is 23.7 Å². The number of nitrogens with zero attached hydrogens (tertiary/aromatic N) is 3. The second kappa shape index (κ2) is 11.8. The SMILES string of the molecule is Cc1ccc(N)c(C(=O)N(C)C(CNc2ccc(C(F)(F)F)cn2)C(C)C)n1.N=CC=N. The molecule has 2 heterocycles. The first-order valence-electron chi connectivity index (χ1n) is 9.69. The minimum atomic E-state index is -4.43. The second-order valence-electron chi connectivity index (χ2n) is 7.26. The number of alkyl halides is 3. The van der Waals surface area contributed by atoms with Gasteiger partial charge in [-0.1, -0.05) is 13.8 Å². The predicted octanol–water partition coefficient (Wildman–Crippen LogP) is 3.88. The van der Waals surface area contributed by atoms with Gasteiger partial charge >= 0.3 is 6.18 Å². The largest absolute Gasteiger partial charge is 0.417 e. The number of nitrogens with one attached hydrogen (secondary N) is 3. The Kier molecular flexibility index (Phi) is 9.76. The van der Waals surface area contributed by atoms with E-state index in [1.165, 1.54) is 6.07 Å². The Labute approximate surface area is 185 Å². The van der Waals surface area contributed by atoms with Crippen molar-refractivity contribution in [2.45, 2.75) is 33.0 Å². The molecule has 2 aromatic heterocycles. The molecular formula is C21H28F3N7O. The van der Waals surface area contributed by atoms with Gasteiger partial charge in [0.2, 0.25) is 0 Å². The highest BCUT2D eigenvalue weighted by Gasteiger charge is 2.31. The normalized spacial score (nSPS) is 11.8. The number of amides is 1. The summed E-state index contributed by atoms with van der Waals surface area (Å²) in [6.07, 6.45) is -1.82. The molecule has 32 heavy (non-hydrogen) atoms. The maximum atomic E-state index is 12.8. The Morgan fingerprint density at radius 1 is 1.22 bits per heavy atom. The summed E-state index contributed by atoms with van der Waals surface area (Å²) in [5.41, 5.74) is 6.23. The molecule has 0 bridgehead atoms. The van der Waals surface area contributed by atoms with Crippen molar-refractivity contribution in [2.24, 2.45) is 5.92 Å². The molecule has 0 saturated carbocycles. The van der Waals surface area contributed by atoms with E-state index in [0.29, 0.717) is 23.7 Å². The lowest BCUT2D eigenvalue weighted by molar-refractivity contribution is -0.137. The number of rotatable bonds is 7. The maximum Gasteiger partial charge on any atom is 0.417 e. The fourth-order valence-corrected chi connectivity index (χ4v) is 2.75. The smallest absolute Gasteiger partial charge is 0.397 e. The summed E-state index contributed by atoms with van der Waals surface area (Å²) in [7, 11) is 1.65. The number of nitrogen functional groups attached to an aromatic ring is 1. The Hall–Kier alpha value is -3.50. The summed E-state index contributed by atoms with van der Waals surface area (Å²) in [5, 5.41) is 15.2. The molecule has 8 nitrogen and oxygen atoms in total. The number of likely N-dealkylation sites (N-methyl/N-ethyl adjacent to an activating group) is 1. The quantitative estimate of drug-likeness (QED) is 0.474. The summed E-state index contributed by atoms with van der Waals surface area (Å²) in [6, 6.07) is 5.34. The lowest BCUT2D eigenvalue weighted by Gasteiger charge is -2.31.